The summed E-state index contributed by atoms with van der Waals surface area (Å²) in [7, 11) is 0. The Labute approximate surface area is 478 Å². The molecule has 7 nitrogen and oxygen atoms in total. The first kappa shape index (κ1) is 128. The molecule has 0 aromatic carbocycles. The van der Waals surface area contributed by atoms with Crippen LogP contribution in [-0.4, -0.2) is 47.6 Å². The number of rotatable bonds is 0. The number of hydrogen-bond donors (Lipinski definition) is 0. The number of Topliss-reactive ketones (excluding diaryl/α,β-unsaturated/α-hetero) is 2. The van der Waals surface area contributed by atoms with Gasteiger partial charge in [-0.05, 0) is 85.5 Å². The van der Waals surface area contributed by atoms with Crippen LogP contribution in [0.5, 0.6) is 0 Å². The molecule has 0 bridgehead atoms. The fraction of sp³-hybridized carbons (Fsp3) is 0.796. The van der Waals surface area contributed by atoms with Crippen molar-refractivity contribution in [1.82, 2.24) is 0 Å². The third-order valence-electron chi connectivity index (χ3n) is 9.09. The lowest BCUT2D eigenvalue weighted by Gasteiger charge is -2.16. The molecule has 2 saturated carbocycles. The van der Waals surface area contributed by atoms with Crippen LogP contribution in [0.4, 0.5) is 96.4 Å². The van der Waals surface area contributed by atoms with Gasteiger partial charge < -0.3 is 18.9 Å². The van der Waals surface area contributed by atoms with Crippen molar-refractivity contribution in [1.29, 1.82) is 0 Å². The molecule has 2 aliphatic carbocycles. The zero-order valence-corrected chi connectivity index (χ0v) is 53.4. The van der Waals surface area contributed by atoms with E-state index in [2.05, 4.69) is 67.9 Å². The van der Waals surface area contributed by atoms with Gasteiger partial charge in [-0.15, -0.1) is 0 Å². The lowest BCUT2D eigenvalue weighted by Crippen LogP contribution is -2.16. The molecule has 0 unspecified atom stereocenters. The minimum absolute atomic E-state index is 0. The van der Waals surface area contributed by atoms with Gasteiger partial charge in [-0.25, -0.2) is 0 Å². The van der Waals surface area contributed by atoms with E-state index in [1.807, 2.05) is 125 Å². The smallest absolute Gasteiger partial charge is 0.306 e. The van der Waals surface area contributed by atoms with Crippen molar-refractivity contribution >= 4 is 17.5 Å². The average Bonchev–Trinajstić information content (AvgIpc) is 4.29. The Morgan fingerprint density at radius 3 is 0.744 bits per heavy atom. The highest BCUT2D eigenvalue weighted by Gasteiger charge is 2.34. The second-order valence-corrected chi connectivity index (χ2v) is 18.6. The van der Waals surface area contributed by atoms with Crippen LogP contribution in [0.15, 0.2) is 49.0 Å². The molecule has 28 heteroatoms. The van der Waals surface area contributed by atoms with E-state index in [-0.39, 0.29) is 53.5 Å². The molecule has 0 N–H and O–H groups in total. The molecule has 6 fully saturated rings. The molecule has 0 radical (unpaired) electrons. The summed E-state index contributed by atoms with van der Waals surface area (Å²) in [6.07, 6.45) is 10.8. The summed E-state index contributed by atoms with van der Waals surface area (Å²) in [6.45, 7) is 64.9. The van der Waals surface area contributed by atoms with Crippen LogP contribution < -0.4 is 0 Å². The van der Waals surface area contributed by atoms with E-state index in [4.69, 9.17) is 101 Å². The zero-order chi connectivity index (χ0) is 68.1. The van der Waals surface area contributed by atoms with E-state index in [1.54, 1.807) is 0 Å². The van der Waals surface area contributed by atoms with E-state index < -0.39 is 0 Å². The summed E-state index contributed by atoms with van der Waals surface area (Å²) in [5.41, 5.74) is 3.02. The normalized spacial score (nSPS) is 16.5. The van der Waals surface area contributed by atoms with Crippen LogP contribution in [-0.2, 0) is 33.3 Å². The maximum atomic E-state index is 11.0. The molecule has 4 aliphatic heterocycles. The maximum absolute atomic E-state index is 11.0. The molecule has 0 aromatic heterocycles. The minimum Gasteiger partial charge on any atom is -0.493 e. The van der Waals surface area contributed by atoms with Crippen molar-refractivity contribution in [3.63, 3.8) is 0 Å². The van der Waals surface area contributed by atoms with Gasteiger partial charge in [0.1, 0.15) is 23.6 Å². The molecule has 0 amide bonds. The second-order valence-electron chi connectivity index (χ2n) is 18.6. The van der Waals surface area contributed by atoms with Crippen LogP contribution in [0.2, 0.25) is 0 Å². The quantitative estimate of drug-likeness (QED) is 0.136. The predicted octanol–water partition coefficient (Wildman–Crippen LogP) is 24.8. The Morgan fingerprint density at radius 1 is 0.378 bits per heavy atom. The SMILES string of the molecule is C=C1CC(=O)C(C)(C)C1.C=C1CCC(C)(C)C1.C=C1CCC(C)(C)O1.C=C1CCC(C)(C)O1.CC.CC.CC.CC.CC.CC.CC1(C)CC(=O)CO1.CC1(C)COC(=O)C1.F.F.F.FF.FF.FF.FF.FF.FF.FF.FF.FF. The summed E-state index contributed by atoms with van der Waals surface area (Å²) in [5.74, 6) is 2.38. The minimum atomic E-state index is -0.183. The summed E-state index contributed by atoms with van der Waals surface area (Å²) in [5, 5.41) is 0. The molecule has 4 saturated heterocycles. The number of hydrogen-bond acceptors (Lipinski definition) is 7. The number of ether oxygens (including phenoxy) is 4. The van der Waals surface area contributed by atoms with E-state index in [0.29, 0.717) is 43.7 Å². The van der Waals surface area contributed by atoms with Gasteiger partial charge in [0.25, 0.3) is 0 Å². The number of ketones is 2. The fourth-order valence-electron chi connectivity index (χ4n) is 6.11. The lowest BCUT2D eigenvalue weighted by atomic mass is 9.91. The number of carbonyl (C=O) groups excluding carboxylic acids is 3. The monoisotopic (exact) mass is 1270 g/mol. The van der Waals surface area contributed by atoms with Gasteiger partial charge in [-0.2, -0.15) is 0 Å². The topological polar surface area (TPSA) is 88.1 Å². The Balaban J connectivity index is -0.0000000341. The number of carbonyl (C=O) groups is 3. The summed E-state index contributed by atoms with van der Waals surface area (Å²) in [6, 6.07) is 0. The van der Waals surface area contributed by atoms with Crippen molar-refractivity contribution in [2.24, 2.45) is 16.2 Å². The molecule has 0 atom stereocenters. The molecule has 4 heterocycles. The van der Waals surface area contributed by atoms with Crippen LogP contribution in [0, 0.1) is 16.2 Å². The predicted molar refractivity (Wildman–Crippen MR) is 296 cm³/mol. The van der Waals surface area contributed by atoms with Gasteiger partial charge >= 0.3 is 5.97 Å². The molecule has 514 valence electrons. The van der Waals surface area contributed by atoms with Gasteiger partial charge in [0.2, 0.25) is 0 Å². The average molecular weight is 1270 g/mol. The lowest BCUT2D eigenvalue weighted by molar-refractivity contribution is -0.138. The fourth-order valence-corrected chi connectivity index (χ4v) is 6.11. The Kier molecular flexibility index (Phi) is 142. The summed E-state index contributed by atoms with van der Waals surface area (Å²) in [4.78, 5) is 32.0. The summed E-state index contributed by atoms with van der Waals surface area (Å²) < 4.78 is 165. The largest absolute Gasteiger partial charge is 0.493 e. The number of halogens is 21. The van der Waals surface area contributed by atoms with Gasteiger partial charge in [0.15, 0.2) is 5.78 Å². The maximum Gasteiger partial charge on any atom is 0.306 e. The Morgan fingerprint density at radius 2 is 0.683 bits per heavy atom. The molecular weight excluding hydrogens is 1160 g/mol. The highest BCUT2D eigenvalue weighted by Crippen LogP contribution is 2.39. The van der Waals surface area contributed by atoms with E-state index in [1.165, 1.54) is 24.8 Å². The van der Waals surface area contributed by atoms with E-state index in [9.17, 15) is 14.4 Å². The molecule has 6 rings (SSSR count). The van der Waals surface area contributed by atoms with Gasteiger partial charge in [0, 0.05) is 119 Å². The molecule has 0 spiro atoms. The van der Waals surface area contributed by atoms with Crippen LogP contribution in [0.1, 0.15) is 237 Å². The van der Waals surface area contributed by atoms with Gasteiger partial charge in [-0.3, -0.25) is 28.5 Å². The molecule has 82 heavy (non-hydrogen) atoms. The molecular formula is C54H109F21O7. The third-order valence-corrected chi connectivity index (χ3v) is 9.09. The van der Waals surface area contributed by atoms with Gasteiger partial charge in [-0.1, -0.05) is 162 Å². The highest BCUT2D eigenvalue weighted by molar-refractivity contribution is 5.89. The third kappa shape index (κ3) is 98.0. The molecule has 0 aromatic rings. The highest BCUT2D eigenvalue weighted by atomic mass is 20.0. The van der Waals surface area contributed by atoms with Crippen molar-refractivity contribution in [3.05, 3.63) is 49.0 Å². The van der Waals surface area contributed by atoms with E-state index in [0.717, 1.165) is 49.2 Å². The van der Waals surface area contributed by atoms with Crippen molar-refractivity contribution in [3.8, 4) is 0 Å². The van der Waals surface area contributed by atoms with Gasteiger partial charge in [0.05, 0.1) is 30.1 Å². The van der Waals surface area contributed by atoms with Crippen LogP contribution in [0.25, 0.3) is 0 Å². The number of cyclic esters (lactones) is 1. The first-order valence-electron chi connectivity index (χ1n) is 25.2. The first-order chi connectivity index (χ1) is 37.0. The summed E-state index contributed by atoms with van der Waals surface area (Å²) >= 11 is 0. The number of allylic oxidation sites excluding steroid dienone is 4. The Bertz CT molecular complexity index is 1120. The molecule has 6 aliphatic rings. The number of esters is 1. The van der Waals surface area contributed by atoms with Crippen molar-refractivity contribution in [2.45, 2.75) is 254 Å². The van der Waals surface area contributed by atoms with Crippen molar-refractivity contribution < 1.29 is 130 Å². The van der Waals surface area contributed by atoms with Crippen LogP contribution >= 0.6 is 0 Å². The first-order valence-corrected chi connectivity index (χ1v) is 25.2. The zero-order valence-electron chi connectivity index (χ0n) is 53.4. The second kappa shape index (κ2) is 90.6. The van der Waals surface area contributed by atoms with E-state index >= 15 is 0 Å². The Hall–Kier alpha value is -4.14. The van der Waals surface area contributed by atoms with Crippen LogP contribution in [0.3, 0.4) is 0 Å². The standard InChI is InChI=1S/C8H12O.C8H14.2C7H12O.2C6H10O2.6C2H6.9F2.3FH/c1-6-4-7(9)8(2,3)5-6;1-7-4-5-8(2,3)6-7;2*1-6-4-5-7(2,3)8-6;1-6(2)3-5(7)8-4-6;1-6(2)3-5(7)4-8-6;15*1-2;;;/h1,4-5H2,2-3H3;1,4-6H2,2-3H3;2*1,4-5H2,2-3H3;2*3-4H2,1-2H3;6*1-2H3;;;;;;;;;;3*1H. The van der Waals surface area contributed by atoms with Crippen molar-refractivity contribution in [2.75, 3.05) is 13.2 Å².